The van der Waals surface area contributed by atoms with Gasteiger partial charge in [-0.1, -0.05) is 6.58 Å². The molecule has 7 heteroatoms. The molecule has 0 saturated heterocycles. The van der Waals surface area contributed by atoms with E-state index in [4.69, 9.17) is 14.2 Å². The molecule has 0 aromatic heterocycles. The molecular weight excluding hydrogens is 364 g/mol. The second-order valence-electron chi connectivity index (χ2n) is 6.66. The molecule has 154 valence electrons. The van der Waals surface area contributed by atoms with E-state index in [1.807, 2.05) is 0 Å². The number of esters is 2. The molecule has 28 heavy (non-hydrogen) atoms. The van der Waals surface area contributed by atoms with Gasteiger partial charge in [0.2, 0.25) is 0 Å². The smallest absolute Gasteiger partial charge is 0.330 e. The fraction of sp³-hybridized carbons (Fsp3) is 0.476. The Morgan fingerprint density at radius 1 is 1.00 bits per heavy atom. The summed E-state index contributed by atoms with van der Waals surface area (Å²) in [6.45, 7) is 6.81. The van der Waals surface area contributed by atoms with E-state index in [0.29, 0.717) is 37.2 Å². The molecule has 0 aliphatic rings. The Kier molecular flexibility index (Phi) is 9.95. The molecule has 7 nitrogen and oxygen atoms in total. The molecule has 1 N–H and O–H groups in total. The SMILES string of the molecule is C=CC(=O)OCCCCCC(=O)OCCOc1ccc(C(=O)C(C)(C)O)cc1. The maximum atomic E-state index is 11.9. The number of hydrogen-bond donors (Lipinski definition) is 1. The molecule has 1 aromatic rings. The monoisotopic (exact) mass is 392 g/mol. The van der Waals surface area contributed by atoms with Gasteiger partial charge >= 0.3 is 11.9 Å². The molecular formula is C21H28O7. The van der Waals surface area contributed by atoms with Gasteiger partial charge in [0.1, 0.15) is 24.6 Å². The molecule has 0 amide bonds. The number of carbonyl (C=O) groups is 3. The van der Waals surface area contributed by atoms with Crippen LogP contribution in [0.3, 0.4) is 0 Å². The number of hydrogen-bond acceptors (Lipinski definition) is 7. The zero-order chi connectivity index (χ0) is 21.0. The van der Waals surface area contributed by atoms with Crippen LogP contribution in [0.2, 0.25) is 0 Å². The minimum Gasteiger partial charge on any atom is -0.490 e. The zero-order valence-corrected chi connectivity index (χ0v) is 16.4. The van der Waals surface area contributed by atoms with Gasteiger partial charge in [0, 0.05) is 18.1 Å². The first-order valence-electron chi connectivity index (χ1n) is 9.19. The van der Waals surface area contributed by atoms with E-state index in [2.05, 4.69) is 6.58 Å². The summed E-state index contributed by atoms with van der Waals surface area (Å²) in [5, 5.41) is 9.72. The van der Waals surface area contributed by atoms with Crippen LogP contribution in [0, 0.1) is 0 Å². The van der Waals surface area contributed by atoms with E-state index in [-0.39, 0.29) is 25.0 Å². The average Bonchev–Trinajstić information content (AvgIpc) is 2.66. The number of rotatable bonds is 13. The molecule has 0 saturated carbocycles. The highest BCUT2D eigenvalue weighted by atomic mass is 16.6. The van der Waals surface area contributed by atoms with E-state index in [1.54, 1.807) is 24.3 Å². The molecule has 0 atom stereocenters. The van der Waals surface area contributed by atoms with Gasteiger partial charge in [0.25, 0.3) is 0 Å². The van der Waals surface area contributed by atoms with Crippen molar-refractivity contribution in [3.8, 4) is 5.75 Å². The lowest BCUT2D eigenvalue weighted by atomic mass is 9.97. The lowest BCUT2D eigenvalue weighted by molar-refractivity contribution is -0.144. The maximum absolute atomic E-state index is 11.9. The van der Waals surface area contributed by atoms with Crippen LogP contribution in [-0.4, -0.2) is 48.3 Å². The van der Waals surface area contributed by atoms with E-state index in [0.717, 1.165) is 12.5 Å². The second-order valence-corrected chi connectivity index (χ2v) is 6.66. The molecule has 1 aromatic carbocycles. The van der Waals surface area contributed by atoms with E-state index < -0.39 is 11.6 Å². The van der Waals surface area contributed by atoms with Crippen LogP contribution < -0.4 is 4.74 Å². The van der Waals surface area contributed by atoms with Crippen LogP contribution in [0.5, 0.6) is 5.75 Å². The lowest BCUT2D eigenvalue weighted by Crippen LogP contribution is -2.30. The maximum Gasteiger partial charge on any atom is 0.330 e. The fourth-order valence-corrected chi connectivity index (χ4v) is 2.22. The normalized spacial score (nSPS) is 10.8. The first kappa shape index (κ1) is 23.4. The molecule has 0 radical (unpaired) electrons. The first-order valence-corrected chi connectivity index (χ1v) is 9.19. The van der Waals surface area contributed by atoms with Crippen molar-refractivity contribution >= 4 is 17.7 Å². The molecule has 0 unspecified atom stereocenters. The third-order valence-corrected chi connectivity index (χ3v) is 3.72. The molecule has 0 bridgehead atoms. The summed E-state index contributed by atoms with van der Waals surface area (Å²) in [7, 11) is 0. The predicted octanol–water partition coefficient (Wildman–Crippen LogP) is 2.85. The van der Waals surface area contributed by atoms with Crippen molar-refractivity contribution < 1.29 is 33.7 Å². The molecule has 0 spiro atoms. The van der Waals surface area contributed by atoms with Gasteiger partial charge < -0.3 is 19.3 Å². The summed E-state index contributed by atoms with van der Waals surface area (Å²) >= 11 is 0. The van der Waals surface area contributed by atoms with Crippen LogP contribution in [0.4, 0.5) is 0 Å². The van der Waals surface area contributed by atoms with Crippen molar-refractivity contribution in [2.45, 2.75) is 45.1 Å². The number of unbranched alkanes of at least 4 members (excludes halogenated alkanes) is 2. The number of carbonyl (C=O) groups excluding carboxylic acids is 3. The van der Waals surface area contributed by atoms with Gasteiger partial charge in [-0.3, -0.25) is 9.59 Å². The highest BCUT2D eigenvalue weighted by Gasteiger charge is 2.24. The molecule has 0 fully saturated rings. The Morgan fingerprint density at radius 2 is 1.68 bits per heavy atom. The van der Waals surface area contributed by atoms with Gasteiger partial charge in [-0.05, 0) is 57.4 Å². The summed E-state index contributed by atoms with van der Waals surface area (Å²) < 4.78 is 15.4. The highest BCUT2D eigenvalue weighted by molar-refractivity contribution is 6.01. The van der Waals surface area contributed by atoms with Crippen LogP contribution in [0.15, 0.2) is 36.9 Å². The summed E-state index contributed by atoms with van der Waals surface area (Å²) in [6.07, 6.45) is 3.50. The quantitative estimate of drug-likeness (QED) is 0.238. The summed E-state index contributed by atoms with van der Waals surface area (Å²) in [6, 6.07) is 6.40. The van der Waals surface area contributed by atoms with Crippen LogP contribution >= 0.6 is 0 Å². The van der Waals surface area contributed by atoms with E-state index in [9.17, 15) is 19.5 Å². The standard InChI is InChI=1S/C21H28O7/c1-4-18(22)27-13-7-5-6-8-19(23)28-15-14-26-17-11-9-16(10-12-17)20(24)21(2,3)25/h4,9-12,25H,1,5-8,13-15H2,2-3H3. The fourth-order valence-electron chi connectivity index (χ4n) is 2.22. The third-order valence-electron chi connectivity index (χ3n) is 3.72. The van der Waals surface area contributed by atoms with Crippen LogP contribution in [0.1, 0.15) is 49.9 Å². The number of ether oxygens (including phenoxy) is 3. The Hall–Kier alpha value is -2.67. The van der Waals surface area contributed by atoms with Gasteiger partial charge in [0.05, 0.1) is 6.61 Å². The topological polar surface area (TPSA) is 99.1 Å². The molecule has 1 rings (SSSR count). The highest BCUT2D eigenvalue weighted by Crippen LogP contribution is 2.17. The van der Waals surface area contributed by atoms with E-state index in [1.165, 1.54) is 13.8 Å². The van der Waals surface area contributed by atoms with Crippen molar-refractivity contribution in [3.05, 3.63) is 42.5 Å². The van der Waals surface area contributed by atoms with Gasteiger partial charge in [0.15, 0.2) is 5.78 Å². The predicted molar refractivity (Wildman–Crippen MR) is 103 cm³/mol. The first-order chi connectivity index (χ1) is 13.2. The molecule has 0 heterocycles. The van der Waals surface area contributed by atoms with Crippen LogP contribution in [-0.2, 0) is 19.1 Å². The number of benzene rings is 1. The number of ketones is 1. The largest absolute Gasteiger partial charge is 0.490 e. The van der Waals surface area contributed by atoms with Crippen molar-refractivity contribution in [2.75, 3.05) is 19.8 Å². The Morgan fingerprint density at radius 3 is 2.29 bits per heavy atom. The Balaban J connectivity index is 2.14. The minimum absolute atomic E-state index is 0.125. The number of aliphatic hydroxyl groups is 1. The van der Waals surface area contributed by atoms with Crippen molar-refractivity contribution in [2.24, 2.45) is 0 Å². The Labute approximate surface area is 165 Å². The van der Waals surface area contributed by atoms with Crippen LogP contribution in [0.25, 0.3) is 0 Å². The van der Waals surface area contributed by atoms with Gasteiger partial charge in [-0.2, -0.15) is 0 Å². The average molecular weight is 392 g/mol. The summed E-state index contributed by atoms with van der Waals surface area (Å²) in [5.41, 5.74) is -1.03. The lowest BCUT2D eigenvalue weighted by Gasteiger charge is -2.15. The van der Waals surface area contributed by atoms with Crippen molar-refractivity contribution in [1.29, 1.82) is 0 Å². The zero-order valence-electron chi connectivity index (χ0n) is 16.4. The summed E-state index contributed by atoms with van der Waals surface area (Å²) in [5.74, 6) is -0.583. The van der Waals surface area contributed by atoms with Gasteiger partial charge in [-0.15, -0.1) is 0 Å². The van der Waals surface area contributed by atoms with Gasteiger partial charge in [-0.25, -0.2) is 4.79 Å². The number of Topliss-reactive ketones (excluding diaryl/α,β-unsaturated/α-hetero) is 1. The molecule has 0 aliphatic heterocycles. The minimum atomic E-state index is -1.42. The Bertz CT molecular complexity index is 656. The van der Waals surface area contributed by atoms with Crippen molar-refractivity contribution in [1.82, 2.24) is 0 Å². The second kappa shape index (κ2) is 11.9. The molecule has 0 aliphatic carbocycles. The van der Waals surface area contributed by atoms with Crippen molar-refractivity contribution in [3.63, 3.8) is 0 Å². The third kappa shape index (κ3) is 9.32. The summed E-state index contributed by atoms with van der Waals surface area (Å²) in [4.78, 5) is 34.4. The van der Waals surface area contributed by atoms with E-state index >= 15 is 0 Å².